The van der Waals surface area contributed by atoms with Gasteiger partial charge in [0.15, 0.2) is 18.1 Å². The Labute approximate surface area is 210 Å². The van der Waals surface area contributed by atoms with Crippen LogP contribution in [0.2, 0.25) is 0 Å². The first-order valence-corrected chi connectivity index (χ1v) is 12.1. The van der Waals surface area contributed by atoms with E-state index in [1.165, 1.54) is 16.7 Å². The number of ether oxygens (including phenoxy) is 2. The molecular formula is C26H28N2O4S2. The monoisotopic (exact) mass is 496 g/mol. The molecule has 2 amide bonds. The lowest BCUT2D eigenvalue weighted by Crippen LogP contribution is -2.27. The molecule has 6 nitrogen and oxygen atoms in total. The van der Waals surface area contributed by atoms with Gasteiger partial charge in [-0.1, -0.05) is 53.8 Å². The fraction of sp³-hybridized carbons (Fsp3) is 0.269. The summed E-state index contributed by atoms with van der Waals surface area (Å²) in [6, 6.07) is 9.38. The molecule has 1 heterocycles. The number of nitrogens with one attached hydrogen (secondary N) is 1. The highest BCUT2D eigenvalue weighted by molar-refractivity contribution is 8.26. The van der Waals surface area contributed by atoms with E-state index < -0.39 is 0 Å². The van der Waals surface area contributed by atoms with Crippen molar-refractivity contribution in [3.63, 3.8) is 0 Å². The molecule has 2 aromatic rings. The van der Waals surface area contributed by atoms with Crippen molar-refractivity contribution in [1.29, 1.82) is 0 Å². The molecule has 3 rings (SSSR count). The fourth-order valence-corrected chi connectivity index (χ4v) is 4.91. The lowest BCUT2D eigenvalue weighted by atomic mass is 10.1. The molecule has 0 bridgehead atoms. The molecule has 1 fully saturated rings. The van der Waals surface area contributed by atoms with Crippen molar-refractivity contribution >= 4 is 51.9 Å². The number of thioether (sulfide) groups is 1. The third-order valence-corrected chi connectivity index (χ3v) is 6.43. The van der Waals surface area contributed by atoms with E-state index in [0.29, 0.717) is 33.9 Å². The number of carbonyl (C=O) groups is 2. The standard InChI is InChI=1S/C26H28N2O4S2/c1-6-10-28-25(30)22(34-26(28)33)14-19-8-9-20(21(13-19)31-7-2)32-15-23(29)27-24-17(4)11-16(3)12-18(24)5/h6,8-9,11-14H,1,7,10,15H2,2-5H3,(H,27,29)/b22-14-. The predicted octanol–water partition coefficient (Wildman–Crippen LogP) is 5.42. The van der Waals surface area contributed by atoms with Gasteiger partial charge in [0.2, 0.25) is 0 Å². The van der Waals surface area contributed by atoms with Crippen molar-refractivity contribution in [3.05, 3.63) is 70.1 Å². The minimum atomic E-state index is -0.257. The number of rotatable bonds is 9. The summed E-state index contributed by atoms with van der Waals surface area (Å²) < 4.78 is 12.0. The number of anilines is 1. The van der Waals surface area contributed by atoms with Crippen LogP contribution >= 0.6 is 24.0 Å². The zero-order valence-corrected chi connectivity index (χ0v) is 21.4. The zero-order chi connectivity index (χ0) is 24.8. The van der Waals surface area contributed by atoms with Crippen LogP contribution in [0.3, 0.4) is 0 Å². The van der Waals surface area contributed by atoms with Crippen LogP contribution in [0.4, 0.5) is 5.69 Å². The summed E-state index contributed by atoms with van der Waals surface area (Å²) in [6.45, 7) is 12.1. The summed E-state index contributed by atoms with van der Waals surface area (Å²) in [5, 5.41) is 2.93. The van der Waals surface area contributed by atoms with E-state index in [9.17, 15) is 9.59 Å². The van der Waals surface area contributed by atoms with Crippen LogP contribution < -0.4 is 14.8 Å². The largest absolute Gasteiger partial charge is 0.490 e. The first-order valence-electron chi connectivity index (χ1n) is 10.9. The van der Waals surface area contributed by atoms with E-state index in [4.69, 9.17) is 21.7 Å². The van der Waals surface area contributed by atoms with E-state index in [0.717, 1.165) is 27.9 Å². The number of benzene rings is 2. The molecule has 0 spiro atoms. The molecular weight excluding hydrogens is 468 g/mol. The Hall–Kier alpha value is -3.10. The van der Waals surface area contributed by atoms with Crippen molar-refractivity contribution in [2.75, 3.05) is 25.1 Å². The number of hydrogen-bond donors (Lipinski definition) is 1. The van der Waals surface area contributed by atoms with Crippen molar-refractivity contribution in [2.45, 2.75) is 27.7 Å². The van der Waals surface area contributed by atoms with Gasteiger partial charge in [0, 0.05) is 12.2 Å². The van der Waals surface area contributed by atoms with Gasteiger partial charge in [-0.3, -0.25) is 14.5 Å². The number of thiocarbonyl (C=S) groups is 1. The number of carbonyl (C=O) groups excluding carboxylic acids is 2. The number of amides is 2. The molecule has 0 radical (unpaired) electrons. The van der Waals surface area contributed by atoms with Gasteiger partial charge in [-0.05, 0) is 62.6 Å². The van der Waals surface area contributed by atoms with Gasteiger partial charge < -0.3 is 14.8 Å². The van der Waals surface area contributed by atoms with Crippen LogP contribution in [-0.4, -0.2) is 40.8 Å². The summed E-state index contributed by atoms with van der Waals surface area (Å²) in [4.78, 5) is 27.2. The Morgan fingerprint density at radius 3 is 2.50 bits per heavy atom. The van der Waals surface area contributed by atoms with Crippen molar-refractivity contribution in [2.24, 2.45) is 0 Å². The van der Waals surface area contributed by atoms with Gasteiger partial charge >= 0.3 is 0 Å². The first-order chi connectivity index (χ1) is 16.2. The quantitative estimate of drug-likeness (QED) is 0.284. The highest BCUT2D eigenvalue weighted by atomic mass is 32.2. The van der Waals surface area contributed by atoms with Crippen LogP contribution in [-0.2, 0) is 9.59 Å². The molecule has 1 aliphatic heterocycles. The highest BCUT2D eigenvalue weighted by Gasteiger charge is 2.31. The van der Waals surface area contributed by atoms with Crippen molar-refractivity contribution < 1.29 is 19.1 Å². The van der Waals surface area contributed by atoms with Crippen LogP contribution in [0.25, 0.3) is 6.08 Å². The second-order valence-corrected chi connectivity index (χ2v) is 9.51. The van der Waals surface area contributed by atoms with Crippen LogP contribution in [0.1, 0.15) is 29.2 Å². The lowest BCUT2D eigenvalue weighted by molar-refractivity contribution is -0.121. The summed E-state index contributed by atoms with van der Waals surface area (Å²) in [7, 11) is 0. The molecule has 0 unspecified atom stereocenters. The minimum Gasteiger partial charge on any atom is -0.490 e. The average molecular weight is 497 g/mol. The molecule has 0 saturated carbocycles. The minimum absolute atomic E-state index is 0.147. The molecule has 1 aliphatic rings. The van der Waals surface area contributed by atoms with E-state index in [2.05, 4.69) is 11.9 Å². The lowest BCUT2D eigenvalue weighted by Gasteiger charge is -2.15. The van der Waals surface area contributed by atoms with Crippen molar-refractivity contribution in [1.82, 2.24) is 4.90 Å². The number of hydrogen-bond acceptors (Lipinski definition) is 6. The van der Waals surface area contributed by atoms with Gasteiger partial charge in [-0.2, -0.15) is 0 Å². The van der Waals surface area contributed by atoms with Crippen LogP contribution in [0, 0.1) is 20.8 Å². The average Bonchev–Trinajstić information content (AvgIpc) is 3.03. The second kappa shape index (κ2) is 11.4. The molecule has 1 saturated heterocycles. The van der Waals surface area contributed by atoms with Crippen molar-refractivity contribution in [3.8, 4) is 11.5 Å². The summed E-state index contributed by atoms with van der Waals surface area (Å²) in [5.74, 6) is 0.540. The van der Waals surface area contributed by atoms with Crippen LogP contribution in [0.15, 0.2) is 47.9 Å². The molecule has 0 aliphatic carbocycles. The first kappa shape index (κ1) is 25.5. The Kier molecular flexibility index (Phi) is 8.52. The summed E-state index contributed by atoms with van der Waals surface area (Å²) in [5.41, 5.74) is 4.72. The molecule has 178 valence electrons. The Balaban J connectivity index is 1.72. The van der Waals surface area contributed by atoms with Gasteiger partial charge in [-0.15, -0.1) is 6.58 Å². The summed E-state index contributed by atoms with van der Waals surface area (Å²) in [6.07, 6.45) is 3.41. The Morgan fingerprint density at radius 1 is 1.15 bits per heavy atom. The van der Waals surface area contributed by atoms with Gasteiger partial charge in [0.1, 0.15) is 4.32 Å². The number of aryl methyl sites for hydroxylation is 3. The normalized spacial score (nSPS) is 14.5. The SMILES string of the molecule is C=CCN1C(=O)/C(=C/c2ccc(OCC(=O)Nc3c(C)cc(C)cc3C)c(OCC)c2)SC1=S. The smallest absolute Gasteiger partial charge is 0.266 e. The van der Waals surface area contributed by atoms with Crippen LogP contribution in [0.5, 0.6) is 11.5 Å². The van der Waals surface area contributed by atoms with E-state index >= 15 is 0 Å². The third-order valence-electron chi connectivity index (χ3n) is 5.05. The molecule has 0 aromatic heterocycles. The topological polar surface area (TPSA) is 67.9 Å². The summed E-state index contributed by atoms with van der Waals surface area (Å²) >= 11 is 6.54. The van der Waals surface area contributed by atoms with Gasteiger partial charge in [0.05, 0.1) is 11.5 Å². The molecule has 1 N–H and O–H groups in total. The molecule has 0 atom stereocenters. The Morgan fingerprint density at radius 2 is 1.85 bits per heavy atom. The van der Waals surface area contributed by atoms with E-state index in [-0.39, 0.29) is 18.4 Å². The Bertz CT molecular complexity index is 1150. The molecule has 8 heteroatoms. The van der Waals surface area contributed by atoms with Gasteiger partial charge in [-0.25, -0.2) is 0 Å². The van der Waals surface area contributed by atoms with Gasteiger partial charge in [0.25, 0.3) is 11.8 Å². The fourth-order valence-electron chi connectivity index (χ4n) is 3.64. The zero-order valence-electron chi connectivity index (χ0n) is 19.8. The number of nitrogens with zero attached hydrogens (tertiary/aromatic N) is 1. The maximum Gasteiger partial charge on any atom is 0.266 e. The predicted molar refractivity (Wildman–Crippen MR) is 142 cm³/mol. The molecule has 34 heavy (non-hydrogen) atoms. The second-order valence-electron chi connectivity index (χ2n) is 7.83. The maximum atomic E-state index is 12.6. The third kappa shape index (κ3) is 6.07. The maximum absolute atomic E-state index is 12.6. The van der Waals surface area contributed by atoms with E-state index in [1.807, 2.05) is 45.9 Å². The highest BCUT2D eigenvalue weighted by Crippen LogP contribution is 2.35. The van der Waals surface area contributed by atoms with E-state index in [1.54, 1.807) is 24.3 Å². The molecule has 2 aromatic carbocycles.